The number of nitrogens with one attached hydrogen (secondary N) is 1. The molecule has 1 saturated heterocycles. The Morgan fingerprint density at radius 3 is 2.67 bits per heavy atom. The predicted octanol–water partition coefficient (Wildman–Crippen LogP) is 3.26. The van der Waals surface area contributed by atoms with Crippen LogP contribution in [-0.4, -0.2) is 84.1 Å². The fraction of sp³-hybridized carbons (Fsp3) is 0.300. The number of fused-ring (bicyclic) bond motifs is 1. The van der Waals surface area contributed by atoms with Gasteiger partial charge in [-0.25, -0.2) is 14.1 Å². The number of hydrogen-bond donors (Lipinski definition) is 1. The van der Waals surface area contributed by atoms with Gasteiger partial charge in [-0.15, -0.1) is 5.10 Å². The minimum atomic E-state index is -2.55. The van der Waals surface area contributed by atoms with Crippen LogP contribution < -0.4 is 5.32 Å². The van der Waals surface area contributed by atoms with Crippen LogP contribution in [0.2, 0.25) is 0 Å². The fourth-order valence-electron chi connectivity index (χ4n) is 5.35. The van der Waals surface area contributed by atoms with Gasteiger partial charge in [0.25, 0.3) is 5.91 Å². The molecule has 43 heavy (non-hydrogen) atoms. The third-order valence-corrected chi connectivity index (χ3v) is 7.75. The molecule has 218 valence electrons. The highest BCUT2D eigenvalue weighted by molar-refractivity contribution is 5.96. The Hall–Kier alpha value is -5.04. The number of anilines is 1. The van der Waals surface area contributed by atoms with E-state index in [9.17, 15) is 14.0 Å². The van der Waals surface area contributed by atoms with Crippen molar-refractivity contribution in [3.05, 3.63) is 83.9 Å². The number of carbonyl (C=O) groups excluding carboxylic acids is 2. The third kappa shape index (κ3) is 5.34. The molecule has 1 aliphatic carbocycles. The summed E-state index contributed by atoms with van der Waals surface area (Å²) < 4.78 is 43.7. The molecule has 12 nitrogen and oxygen atoms in total. The van der Waals surface area contributed by atoms with Gasteiger partial charge in [-0.2, -0.15) is 0 Å². The van der Waals surface area contributed by atoms with Crippen molar-refractivity contribution in [3.8, 4) is 11.5 Å². The quantitative estimate of drug-likeness (QED) is 0.306. The number of carbonyl (C=O) groups is 2. The average molecular weight is 585 g/mol. The van der Waals surface area contributed by atoms with E-state index in [1.807, 2.05) is 30.3 Å². The Labute approximate surface area is 249 Å². The smallest absolute Gasteiger partial charge is 0.272 e. The molecule has 3 aromatic heterocycles. The first kappa shape index (κ1) is 23.5. The summed E-state index contributed by atoms with van der Waals surface area (Å²) >= 11 is 0. The minimum Gasteiger partial charge on any atom is -0.436 e. The number of nitrogens with zero attached hydrogens (tertiary/aromatic N) is 8. The molecule has 0 spiro atoms. The van der Waals surface area contributed by atoms with Crippen molar-refractivity contribution in [2.24, 2.45) is 12.9 Å². The molecule has 7 rings (SSSR count). The largest absolute Gasteiger partial charge is 0.436 e. The molecular formula is C30H28FN9O3. The lowest BCUT2D eigenvalue weighted by Crippen LogP contribution is -2.50. The van der Waals surface area contributed by atoms with Gasteiger partial charge in [0.1, 0.15) is 17.4 Å². The van der Waals surface area contributed by atoms with E-state index in [0.717, 1.165) is 10.2 Å². The van der Waals surface area contributed by atoms with Gasteiger partial charge < -0.3 is 14.6 Å². The van der Waals surface area contributed by atoms with Gasteiger partial charge in [0, 0.05) is 54.7 Å². The summed E-state index contributed by atoms with van der Waals surface area (Å²) in [6.07, 6.45) is 0.668. The first-order valence-corrected chi connectivity index (χ1v) is 13.8. The summed E-state index contributed by atoms with van der Waals surface area (Å²) in [7, 11) is 0. The molecule has 2 aromatic carbocycles. The van der Waals surface area contributed by atoms with Gasteiger partial charge >= 0.3 is 0 Å². The fourth-order valence-corrected chi connectivity index (χ4v) is 5.35. The van der Waals surface area contributed by atoms with Crippen LogP contribution >= 0.6 is 0 Å². The zero-order valence-corrected chi connectivity index (χ0v) is 22.8. The maximum Gasteiger partial charge on any atom is 0.272 e. The molecule has 4 heterocycles. The van der Waals surface area contributed by atoms with Crippen molar-refractivity contribution in [3.63, 3.8) is 0 Å². The second-order valence-electron chi connectivity index (χ2n) is 10.6. The number of rotatable bonds is 7. The number of tetrazole rings is 1. The maximum atomic E-state index is 13.6. The van der Waals surface area contributed by atoms with Gasteiger partial charge in [0.05, 0.1) is 12.0 Å². The summed E-state index contributed by atoms with van der Waals surface area (Å²) in [5.41, 5.74) is 3.08. The normalized spacial score (nSPS) is 20.7. The van der Waals surface area contributed by atoms with E-state index in [-0.39, 0.29) is 35.6 Å². The predicted molar refractivity (Wildman–Crippen MR) is 153 cm³/mol. The van der Waals surface area contributed by atoms with Crippen molar-refractivity contribution < 1.29 is 22.5 Å². The van der Waals surface area contributed by atoms with E-state index in [0.29, 0.717) is 48.5 Å². The molecule has 0 radical (unpaired) electrons. The molecule has 3 atom stereocenters. The molecule has 2 unspecified atom stereocenters. The van der Waals surface area contributed by atoms with Crippen LogP contribution in [0, 0.1) is 5.92 Å². The van der Waals surface area contributed by atoms with Crippen molar-refractivity contribution in [1.29, 1.82) is 0 Å². The van der Waals surface area contributed by atoms with E-state index in [4.69, 9.17) is 8.53 Å². The van der Waals surface area contributed by atoms with E-state index in [2.05, 4.69) is 35.7 Å². The van der Waals surface area contributed by atoms with Crippen molar-refractivity contribution in [2.45, 2.75) is 18.6 Å². The lowest BCUT2D eigenvalue weighted by atomic mass is 10.0. The van der Waals surface area contributed by atoms with Crippen molar-refractivity contribution >= 4 is 28.6 Å². The first-order valence-electron chi connectivity index (χ1n) is 15.3. The number of oxazole rings is 1. The number of alkyl halides is 1. The third-order valence-electron chi connectivity index (χ3n) is 7.75. The number of aromatic nitrogens is 6. The highest BCUT2D eigenvalue weighted by Gasteiger charge is 2.43. The van der Waals surface area contributed by atoms with E-state index in [1.165, 1.54) is 6.20 Å². The summed E-state index contributed by atoms with van der Waals surface area (Å²) in [6.45, 7) is -0.940. The molecule has 2 aliphatic rings. The van der Waals surface area contributed by atoms with Crippen molar-refractivity contribution in [2.75, 3.05) is 31.5 Å². The number of hydrogen-bond acceptors (Lipinski definition) is 9. The van der Waals surface area contributed by atoms with Gasteiger partial charge in [-0.3, -0.25) is 19.5 Å². The minimum absolute atomic E-state index is 0.199. The lowest BCUT2D eigenvalue weighted by molar-refractivity contribution is -0.117. The summed E-state index contributed by atoms with van der Waals surface area (Å²) in [4.78, 5) is 38.3. The second kappa shape index (κ2) is 11.0. The van der Waals surface area contributed by atoms with Crippen LogP contribution in [0.25, 0.3) is 22.6 Å². The SMILES string of the molecule is [2H]C([2H])([2H])n1nnnc1C(c1ccccc1)N1CCN(C(=O)c2cc(-c3nc4cc(NC(=O)C5C[C@@H]5F)ccc4o3)ccn2)CC1. The molecular weight excluding hydrogens is 553 g/mol. The van der Waals surface area contributed by atoms with Crippen LogP contribution in [-0.2, 0) is 11.8 Å². The monoisotopic (exact) mass is 584 g/mol. The van der Waals surface area contributed by atoms with Crippen molar-refractivity contribution in [1.82, 2.24) is 40.0 Å². The Bertz CT molecular complexity index is 1910. The molecule has 1 aliphatic heterocycles. The summed E-state index contributed by atoms with van der Waals surface area (Å²) in [5, 5.41) is 14.2. The number of amides is 2. The number of benzene rings is 2. The standard InChI is InChI=1S/C30H28FN9O3/c1-38-27(35-36-37-38)26(18-5-3-2-4-6-18)39-11-13-40(14-12-39)30(42)24-15-19(9-10-32-24)29-34-23-16-20(7-8-25(23)43-29)33-28(41)21-17-22(21)31/h2-10,15-16,21-22,26H,11-14,17H2,1H3,(H,33,41)/t21?,22-,26?/m0/s1/i1D3. The first-order chi connectivity index (χ1) is 22.2. The number of aryl methyl sites for hydroxylation is 1. The Balaban J connectivity index is 1.06. The van der Waals surface area contributed by atoms with E-state index >= 15 is 0 Å². The second-order valence-corrected chi connectivity index (χ2v) is 10.6. The van der Waals surface area contributed by atoms with E-state index in [1.54, 1.807) is 35.2 Å². The maximum absolute atomic E-state index is 13.6. The van der Waals surface area contributed by atoms with Gasteiger partial charge in [0.15, 0.2) is 11.4 Å². The molecule has 0 bridgehead atoms. The van der Waals surface area contributed by atoms with Crippen LogP contribution in [0.15, 0.2) is 71.3 Å². The summed E-state index contributed by atoms with van der Waals surface area (Å²) in [5.74, 6) is -0.754. The zero-order chi connectivity index (χ0) is 32.0. The number of piperazine rings is 1. The average Bonchev–Trinajstić information content (AvgIpc) is 3.40. The number of halogens is 1. The molecule has 5 aromatic rings. The summed E-state index contributed by atoms with van der Waals surface area (Å²) in [6, 6.07) is 17.2. The van der Waals surface area contributed by atoms with Gasteiger partial charge in [-0.1, -0.05) is 30.3 Å². The zero-order valence-electron chi connectivity index (χ0n) is 25.8. The van der Waals surface area contributed by atoms with Gasteiger partial charge in [-0.05, 0) is 52.7 Å². The highest BCUT2D eigenvalue weighted by atomic mass is 19.1. The number of pyridine rings is 1. The molecule has 1 saturated carbocycles. The lowest BCUT2D eigenvalue weighted by Gasteiger charge is -2.38. The molecule has 13 heteroatoms. The van der Waals surface area contributed by atoms with E-state index < -0.39 is 25.1 Å². The van der Waals surface area contributed by atoms with Crippen LogP contribution in [0.4, 0.5) is 10.1 Å². The van der Waals surface area contributed by atoms with Crippen LogP contribution in [0.5, 0.6) is 0 Å². The van der Waals surface area contributed by atoms with Gasteiger partial charge in [0.2, 0.25) is 11.8 Å². The molecule has 2 amide bonds. The Morgan fingerprint density at radius 2 is 1.91 bits per heavy atom. The molecule has 1 N–H and O–H groups in total. The molecule has 2 fully saturated rings. The topological polar surface area (TPSA) is 135 Å². The Kier molecular flexibility index (Phi) is 6.01. The van der Waals surface area contributed by atoms with Crippen LogP contribution in [0.1, 0.15) is 38.5 Å². The highest BCUT2D eigenvalue weighted by Crippen LogP contribution is 2.35. The van der Waals surface area contributed by atoms with Crippen LogP contribution in [0.3, 0.4) is 0 Å². The Morgan fingerprint density at radius 1 is 1.09 bits per heavy atom.